The van der Waals surface area contributed by atoms with Crippen LogP contribution in [0.15, 0.2) is 139 Å². The molecule has 0 saturated heterocycles. The lowest BCUT2D eigenvalue weighted by atomic mass is 9.80. The van der Waals surface area contributed by atoms with Crippen LogP contribution < -0.4 is 15.8 Å². The summed E-state index contributed by atoms with van der Waals surface area (Å²) in [5, 5.41) is 1.84. The number of anilines is 4. The molecule has 4 nitrogen and oxygen atoms in total. The van der Waals surface area contributed by atoms with Crippen LogP contribution in [0.2, 0.25) is 0 Å². The first-order valence-electron chi connectivity index (χ1n) is 21.2. The fraction of sp³-hybridized carbons (Fsp3) is 0.315. The maximum Gasteiger partial charge on any atom is 0.141 e. The minimum atomic E-state index is -0.267. The predicted molar refractivity (Wildman–Crippen MR) is 245 cm³/mol. The van der Waals surface area contributed by atoms with E-state index in [-0.39, 0.29) is 28.2 Å². The number of allylic oxidation sites excluding steroid dienone is 6. The summed E-state index contributed by atoms with van der Waals surface area (Å²) in [6.45, 7) is 20.6. The molecule has 4 heteroatoms. The molecule has 0 bridgehead atoms. The maximum atomic E-state index is 6.95. The molecular weight excluding hydrogens is 705 g/mol. The topological polar surface area (TPSA) is 45.4 Å². The van der Waals surface area contributed by atoms with E-state index in [1.807, 2.05) is 11.2 Å². The van der Waals surface area contributed by atoms with Crippen molar-refractivity contribution in [1.82, 2.24) is 4.98 Å². The molecule has 0 aliphatic heterocycles. The van der Waals surface area contributed by atoms with E-state index < -0.39 is 0 Å². The Balaban J connectivity index is 1.24. The fourth-order valence-corrected chi connectivity index (χ4v) is 9.94. The normalized spacial score (nSPS) is 20.0. The molecule has 4 aliphatic rings. The summed E-state index contributed by atoms with van der Waals surface area (Å²) in [5.74, 6) is 8.64. The van der Waals surface area contributed by atoms with Crippen molar-refractivity contribution in [3.05, 3.63) is 173 Å². The molecule has 4 aliphatic carbocycles. The van der Waals surface area contributed by atoms with Crippen LogP contribution in [0.25, 0.3) is 22.3 Å². The minimum absolute atomic E-state index is 0.0779. The van der Waals surface area contributed by atoms with Gasteiger partial charge in [-0.1, -0.05) is 146 Å². The highest BCUT2D eigenvalue weighted by molar-refractivity contribution is 5.92. The van der Waals surface area contributed by atoms with Crippen LogP contribution in [0.3, 0.4) is 0 Å². The van der Waals surface area contributed by atoms with Gasteiger partial charge in [0.1, 0.15) is 5.82 Å². The molecular formula is C54H58N4. The van der Waals surface area contributed by atoms with E-state index in [0.717, 1.165) is 41.2 Å². The van der Waals surface area contributed by atoms with Gasteiger partial charge < -0.3 is 4.90 Å². The third-order valence-electron chi connectivity index (χ3n) is 13.2. The molecule has 3 atom stereocenters. The van der Waals surface area contributed by atoms with Gasteiger partial charge in [0, 0.05) is 28.8 Å². The van der Waals surface area contributed by atoms with E-state index in [2.05, 4.69) is 195 Å². The van der Waals surface area contributed by atoms with E-state index in [0.29, 0.717) is 5.92 Å². The van der Waals surface area contributed by atoms with Crippen LogP contribution in [-0.2, 0) is 17.3 Å². The van der Waals surface area contributed by atoms with E-state index in [1.54, 1.807) is 0 Å². The van der Waals surface area contributed by atoms with Gasteiger partial charge in [-0.25, -0.2) is 10.8 Å². The Morgan fingerprint density at radius 1 is 0.759 bits per heavy atom. The van der Waals surface area contributed by atoms with Gasteiger partial charge in [0.25, 0.3) is 0 Å². The lowest BCUT2D eigenvalue weighted by Gasteiger charge is -2.38. The second-order valence-electron chi connectivity index (χ2n) is 19.6. The zero-order valence-electron chi connectivity index (χ0n) is 35.8. The van der Waals surface area contributed by atoms with E-state index in [9.17, 15) is 0 Å². The number of hydrazine groups is 1. The Morgan fingerprint density at radius 3 is 2.17 bits per heavy atom. The molecule has 0 radical (unpaired) electrons. The lowest BCUT2D eigenvalue weighted by molar-refractivity contribution is 0.509. The number of rotatable bonds is 6. The Morgan fingerprint density at radius 2 is 1.48 bits per heavy atom. The van der Waals surface area contributed by atoms with E-state index in [1.165, 1.54) is 55.8 Å². The standard InChI is InChI=1S/C54H58N4/c1-34-29-44(35-15-11-10-12-16-35)51(56-33-34)57(39-23-19-37(20-24-39)52(2,3)4)48-32-47-49(45-30-36-17-13-14-18-42(36)50(45)48)43-28-27-41(31-46(43)54(47,8)9)58(55)40-25-21-38(22-26-40)53(5,6)7/h10-23,25-29,31-33,36,39,42H,24,30,55H2,1-9H3. The lowest BCUT2D eigenvalue weighted by Crippen LogP contribution is -2.33. The summed E-state index contributed by atoms with van der Waals surface area (Å²) in [6.07, 6.45) is 20.6. The Hall–Kier alpha value is -5.45. The Bertz CT molecular complexity index is 2540. The minimum Gasteiger partial charge on any atom is -0.318 e. The summed E-state index contributed by atoms with van der Waals surface area (Å²) in [7, 11) is 0. The van der Waals surface area contributed by atoms with Gasteiger partial charge in [-0.15, -0.1) is 0 Å². The second kappa shape index (κ2) is 13.8. The van der Waals surface area contributed by atoms with Crippen molar-refractivity contribution in [3.8, 4) is 22.3 Å². The number of nitrogens with two attached hydrogens (primary N) is 1. The molecule has 0 amide bonds. The SMILES string of the molecule is Cc1cnc(N(c2cc3c(c4c2C2C=CC=CC2C4)-c2ccc(N(N)c4ccc(C(C)(C)C)cc4)cc2C3(C)C)C2C=CC(C(C)(C)C)=CC2)c(-c2ccccc2)c1. The summed E-state index contributed by atoms with van der Waals surface area (Å²) in [5.41, 5.74) is 17.7. The van der Waals surface area contributed by atoms with Crippen LogP contribution in [0, 0.1) is 18.3 Å². The molecule has 0 saturated carbocycles. The zero-order valence-corrected chi connectivity index (χ0v) is 35.8. The number of nitrogens with zero attached hydrogens (tertiary/aromatic N) is 3. The molecule has 5 aromatic rings. The van der Waals surface area contributed by atoms with Gasteiger partial charge in [-0.2, -0.15) is 0 Å². The smallest absolute Gasteiger partial charge is 0.141 e. The quantitative estimate of drug-likeness (QED) is 0.138. The molecule has 4 aromatic carbocycles. The molecule has 294 valence electrons. The predicted octanol–water partition coefficient (Wildman–Crippen LogP) is 13.5. The van der Waals surface area contributed by atoms with Crippen molar-refractivity contribution in [2.45, 2.75) is 97.9 Å². The van der Waals surface area contributed by atoms with Gasteiger partial charge in [0.15, 0.2) is 0 Å². The van der Waals surface area contributed by atoms with Crippen molar-refractivity contribution in [2.75, 3.05) is 9.91 Å². The van der Waals surface area contributed by atoms with Crippen LogP contribution in [0.4, 0.5) is 22.9 Å². The van der Waals surface area contributed by atoms with Gasteiger partial charge in [-0.3, -0.25) is 5.01 Å². The van der Waals surface area contributed by atoms with Crippen molar-refractivity contribution in [1.29, 1.82) is 0 Å². The van der Waals surface area contributed by atoms with Crippen LogP contribution in [0.1, 0.15) is 101 Å². The first-order chi connectivity index (χ1) is 27.6. The third kappa shape index (κ3) is 6.37. The summed E-state index contributed by atoms with van der Waals surface area (Å²) >= 11 is 0. The highest BCUT2D eigenvalue weighted by Crippen LogP contribution is 2.59. The number of benzene rings is 4. The van der Waals surface area contributed by atoms with Gasteiger partial charge in [0.2, 0.25) is 0 Å². The number of pyridine rings is 1. The molecule has 0 fully saturated rings. The number of aryl methyl sites for hydroxylation is 1. The van der Waals surface area contributed by atoms with Crippen molar-refractivity contribution in [3.63, 3.8) is 0 Å². The number of hydrogen-bond acceptors (Lipinski definition) is 4. The largest absolute Gasteiger partial charge is 0.318 e. The van der Waals surface area contributed by atoms with E-state index in [4.69, 9.17) is 10.8 Å². The number of hydrogen-bond donors (Lipinski definition) is 1. The molecule has 1 aromatic heterocycles. The van der Waals surface area contributed by atoms with E-state index >= 15 is 0 Å². The van der Waals surface area contributed by atoms with Gasteiger partial charge in [0.05, 0.1) is 17.4 Å². The maximum absolute atomic E-state index is 6.95. The monoisotopic (exact) mass is 762 g/mol. The number of fused-ring (bicyclic) bond motifs is 7. The van der Waals surface area contributed by atoms with Crippen molar-refractivity contribution in [2.24, 2.45) is 17.2 Å². The molecule has 1 heterocycles. The summed E-state index contributed by atoms with van der Waals surface area (Å²) in [4.78, 5) is 7.98. The van der Waals surface area contributed by atoms with Crippen molar-refractivity contribution < 1.29 is 0 Å². The molecule has 3 unspecified atom stereocenters. The summed E-state index contributed by atoms with van der Waals surface area (Å²) < 4.78 is 0. The van der Waals surface area contributed by atoms with Crippen LogP contribution >= 0.6 is 0 Å². The van der Waals surface area contributed by atoms with Crippen LogP contribution in [0.5, 0.6) is 0 Å². The van der Waals surface area contributed by atoms with Gasteiger partial charge >= 0.3 is 0 Å². The van der Waals surface area contributed by atoms with Gasteiger partial charge in [-0.05, 0) is 129 Å². The Kier molecular flexibility index (Phi) is 9.09. The molecule has 9 rings (SSSR count). The second-order valence-corrected chi connectivity index (χ2v) is 19.6. The van der Waals surface area contributed by atoms with Crippen molar-refractivity contribution >= 4 is 22.9 Å². The third-order valence-corrected chi connectivity index (χ3v) is 13.2. The molecule has 58 heavy (non-hydrogen) atoms. The first kappa shape index (κ1) is 38.1. The average Bonchev–Trinajstić information content (AvgIpc) is 3.70. The highest BCUT2D eigenvalue weighted by Gasteiger charge is 2.45. The molecule has 0 spiro atoms. The Labute approximate surface area is 346 Å². The number of aromatic nitrogens is 1. The fourth-order valence-electron chi connectivity index (χ4n) is 9.94. The first-order valence-corrected chi connectivity index (χ1v) is 21.2. The van der Waals surface area contributed by atoms with Crippen LogP contribution in [-0.4, -0.2) is 11.0 Å². The average molecular weight is 763 g/mol. The summed E-state index contributed by atoms with van der Waals surface area (Å²) in [6, 6.07) is 31.4. The zero-order chi connectivity index (χ0) is 40.7. The molecule has 2 N–H and O–H groups in total. The highest BCUT2D eigenvalue weighted by atomic mass is 15.4.